The number of hydrogen-bond donors (Lipinski definition) is 0. The van der Waals surface area contributed by atoms with Crippen LogP contribution in [-0.4, -0.2) is 24.1 Å². The first-order valence-electron chi connectivity index (χ1n) is 9.76. The first-order valence-corrected chi connectivity index (χ1v) is 11.9. The summed E-state index contributed by atoms with van der Waals surface area (Å²) in [7, 11) is 0. The number of ketones is 1. The summed E-state index contributed by atoms with van der Waals surface area (Å²) in [6, 6.07) is 12.5. The minimum atomic E-state index is -0.361. The lowest BCUT2D eigenvalue weighted by molar-refractivity contribution is -0.598. The molecule has 0 atom stereocenters. The monoisotopic (exact) mass is 599 g/mol. The third-order valence-electron chi connectivity index (χ3n) is 4.31. The van der Waals surface area contributed by atoms with E-state index in [4.69, 9.17) is 16.3 Å². The largest absolute Gasteiger partial charge is 1.00 e. The molecule has 168 valence electrons. The van der Waals surface area contributed by atoms with Crippen LogP contribution in [0.3, 0.4) is 0 Å². The highest BCUT2D eigenvalue weighted by Gasteiger charge is 2.31. The number of esters is 1. The lowest BCUT2D eigenvalue weighted by atomic mass is 10.0. The first kappa shape index (κ1) is 26.6. The number of halogens is 2. The molecule has 2 aromatic heterocycles. The molecule has 3 aromatic rings. The van der Waals surface area contributed by atoms with Crippen molar-refractivity contribution in [1.82, 2.24) is 0 Å². The van der Waals surface area contributed by atoms with Crippen LogP contribution in [0.4, 0.5) is 0 Å². The van der Waals surface area contributed by atoms with Gasteiger partial charge < -0.3 is 28.7 Å². The van der Waals surface area contributed by atoms with Gasteiger partial charge in [0, 0.05) is 28.5 Å². The number of pyridine rings is 1. The maximum Gasteiger partial charge on any atom is 0.310 e. The molecule has 0 saturated heterocycles. The molecule has 0 spiro atoms. The Morgan fingerprint density at radius 2 is 1.81 bits per heavy atom. The van der Waals surface area contributed by atoms with Crippen LogP contribution in [0.5, 0.6) is 0 Å². The van der Waals surface area contributed by atoms with Crippen molar-refractivity contribution in [3.8, 4) is 5.69 Å². The molecule has 0 aliphatic carbocycles. The maximum atomic E-state index is 13.4. The zero-order valence-corrected chi connectivity index (χ0v) is 22.3. The summed E-state index contributed by atoms with van der Waals surface area (Å²) in [4.78, 5) is 26.4. The molecule has 0 aliphatic rings. The molecule has 0 bridgehead atoms. The summed E-state index contributed by atoms with van der Waals surface area (Å²) in [5, 5.41) is 0.563. The molecule has 0 amide bonds. The van der Waals surface area contributed by atoms with Crippen molar-refractivity contribution in [2.75, 3.05) is 12.4 Å². The molecule has 3 rings (SSSR count). The van der Waals surface area contributed by atoms with Crippen LogP contribution >= 0.6 is 34.7 Å². The zero-order chi connectivity index (χ0) is 22.4. The quantitative estimate of drug-likeness (QED) is 0.0948. The molecule has 0 saturated carbocycles. The fraction of sp³-hybridized carbons (Fsp3) is 0.208. The van der Waals surface area contributed by atoms with Gasteiger partial charge in [0.2, 0.25) is 11.5 Å². The van der Waals surface area contributed by atoms with Gasteiger partial charge in [0.25, 0.3) is 0 Å². The van der Waals surface area contributed by atoms with E-state index < -0.39 is 0 Å². The number of rotatable bonds is 9. The summed E-state index contributed by atoms with van der Waals surface area (Å²) >= 11 is 9.01. The Morgan fingerprint density at radius 3 is 2.41 bits per heavy atom. The normalized spacial score (nSPS) is 10.3. The van der Waals surface area contributed by atoms with Crippen molar-refractivity contribution < 1.29 is 42.9 Å². The number of nitrogens with zero attached hydrogens (tertiary/aromatic N) is 1. The van der Waals surface area contributed by atoms with Gasteiger partial charge in [0.15, 0.2) is 12.4 Å². The van der Waals surface area contributed by atoms with E-state index >= 15 is 0 Å². The third kappa shape index (κ3) is 6.66. The number of carbonyl (C=O) groups excluding carboxylic acids is 2. The Bertz CT molecular complexity index is 1100. The Morgan fingerprint density at radius 1 is 1.16 bits per heavy atom. The Kier molecular flexibility index (Phi) is 10.4. The van der Waals surface area contributed by atoms with E-state index in [2.05, 4.69) is 6.58 Å². The fourth-order valence-corrected chi connectivity index (χ4v) is 5.51. The van der Waals surface area contributed by atoms with Crippen LogP contribution in [0.15, 0.2) is 71.2 Å². The number of thiophene rings is 1. The average molecular weight is 600 g/mol. The molecule has 0 N–H and O–H groups in total. The summed E-state index contributed by atoms with van der Waals surface area (Å²) in [5.41, 5.74) is 3.06. The second kappa shape index (κ2) is 12.5. The second-order valence-electron chi connectivity index (χ2n) is 6.89. The van der Waals surface area contributed by atoms with Crippen LogP contribution in [0.1, 0.15) is 34.6 Å². The molecular weight excluding hydrogens is 577 g/mol. The SMILES string of the molecule is C=C(C)CSc1sc(C(=O)c2ccc(Cl)cc2)c(CC(=O)OCC)c1-[n+]1ccccc1.[I-]. The Hall–Kier alpha value is -1.68. The summed E-state index contributed by atoms with van der Waals surface area (Å²) < 4.78 is 8.11. The van der Waals surface area contributed by atoms with Gasteiger partial charge >= 0.3 is 5.97 Å². The van der Waals surface area contributed by atoms with Gasteiger partial charge in [0.1, 0.15) is 4.21 Å². The number of hydrogen-bond acceptors (Lipinski definition) is 5. The Balaban J connectivity index is 0.00000363. The number of carbonyl (C=O) groups is 2. The highest BCUT2D eigenvalue weighted by molar-refractivity contribution is 8.01. The minimum absolute atomic E-state index is 0. The van der Waals surface area contributed by atoms with Crippen molar-refractivity contribution in [3.63, 3.8) is 0 Å². The molecular formula is C24H23ClINO3S2. The summed E-state index contributed by atoms with van der Waals surface area (Å²) in [6.45, 7) is 8.01. The molecule has 0 aliphatic heterocycles. The molecule has 0 radical (unpaired) electrons. The van der Waals surface area contributed by atoms with Crippen molar-refractivity contribution in [3.05, 3.63) is 88.0 Å². The highest BCUT2D eigenvalue weighted by atomic mass is 127. The number of aromatic nitrogens is 1. The molecule has 0 fully saturated rings. The van der Waals surface area contributed by atoms with E-state index in [1.807, 2.05) is 42.1 Å². The van der Waals surface area contributed by atoms with Gasteiger partial charge in [-0.15, -0.1) is 23.1 Å². The molecule has 2 heterocycles. The predicted molar refractivity (Wildman–Crippen MR) is 127 cm³/mol. The zero-order valence-electron chi connectivity index (χ0n) is 17.8. The predicted octanol–water partition coefficient (Wildman–Crippen LogP) is 2.69. The van der Waals surface area contributed by atoms with Gasteiger partial charge in [-0.05, 0) is 38.1 Å². The van der Waals surface area contributed by atoms with Crippen LogP contribution in [0.2, 0.25) is 5.02 Å². The Labute approximate surface area is 218 Å². The van der Waals surface area contributed by atoms with E-state index in [0.717, 1.165) is 15.5 Å². The van der Waals surface area contributed by atoms with Crippen LogP contribution in [0.25, 0.3) is 5.69 Å². The second-order valence-corrected chi connectivity index (χ2v) is 9.59. The third-order valence-corrected chi connectivity index (χ3v) is 7.27. The smallest absolute Gasteiger partial charge is 0.310 e. The van der Waals surface area contributed by atoms with Crippen LogP contribution in [-0.2, 0) is 16.0 Å². The van der Waals surface area contributed by atoms with Gasteiger partial charge in [-0.1, -0.05) is 29.8 Å². The highest BCUT2D eigenvalue weighted by Crippen LogP contribution is 2.39. The minimum Gasteiger partial charge on any atom is -1.00 e. The first-order chi connectivity index (χ1) is 14.9. The van der Waals surface area contributed by atoms with E-state index in [9.17, 15) is 9.59 Å². The van der Waals surface area contributed by atoms with E-state index in [0.29, 0.717) is 26.8 Å². The van der Waals surface area contributed by atoms with Crippen molar-refractivity contribution in [2.24, 2.45) is 0 Å². The topological polar surface area (TPSA) is 47.3 Å². The number of benzene rings is 1. The summed E-state index contributed by atoms with van der Waals surface area (Å²) in [6.07, 6.45) is 3.85. The number of ether oxygens (including phenoxy) is 1. The molecule has 8 heteroatoms. The lowest BCUT2D eigenvalue weighted by Crippen LogP contribution is -3.00. The number of thioether (sulfide) groups is 1. The van der Waals surface area contributed by atoms with Gasteiger partial charge in [-0.2, -0.15) is 4.57 Å². The molecule has 0 unspecified atom stereocenters. The van der Waals surface area contributed by atoms with Crippen molar-refractivity contribution >= 4 is 46.5 Å². The fourth-order valence-electron chi connectivity index (χ4n) is 2.97. The lowest BCUT2D eigenvalue weighted by Gasteiger charge is -2.05. The van der Waals surface area contributed by atoms with E-state index in [-0.39, 0.29) is 48.8 Å². The molecule has 32 heavy (non-hydrogen) atoms. The van der Waals surface area contributed by atoms with Crippen molar-refractivity contribution in [1.29, 1.82) is 0 Å². The molecule has 4 nitrogen and oxygen atoms in total. The van der Waals surface area contributed by atoms with Gasteiger partial charge in [-0.3, -0.25) is 9.59 Å². The molecule has 1 aromatic carbocycles. The average Bonchev–Trinajstić information content (AvgIpc) is 3.11. The maximum absolute atomic E-state index is 13.4. The van der Waals surface area contributed by atoms with Crippen molar-refractivity contribution in [2.45, 2.75) is 24.5 Å². The standard InChI is InChI=1S/C24H23ClNO3S2.HI/c1-4-29-20(27)14-19-21(26-12-6-5-7-13-26)24(30-15-16(2)3)31-23(19)22(28)17-8-10-18(25)11-9-17;/h5-13H,2,4,14-15H2,1,3H3;1H/q+1;/p-1. The van der Waals surface area contributed by atoms with E-state index in [1.165, 1.54) is 11.3 Å². The van der Waals surface area contributed by atoms with Gasteiger partial charge in [-0.25, -0.2) is 0 Å². The van der Waals surface area contributed by atoms with Gasteiger partial charge in [0.05, 0.1) is 23.5 Å². The summed E-state index contributed by atoms with van der Waals surface area (Å²) in [5.74, 6) is 0.217. The van der Waals surface area contributed by atoms with E-state index in [1.54, 1.807) is 43.0 Å². The van der Waals surface area contributed by atoms with Crippen LogP contribution < -0.4 is 28.5 Å². The van der Waals surface area contributed by atoms with Crippen LogP contribution in [0, 0.1) is 0 Å².